The molecule has 0 saturated carbocycles. The lowest BCUT2D eigenvalue weighted by Gasteiger charge is -2.18. The lowest BCUT2D eigenvalue weighted by atomic mass is 10.2. The Morgan fingerprint density at radius 3 is 2.79 bits per heavy atom. The van der Waals surface area contributed by atoms with Crippen molar-refractivity contribution in [3.8, 4) is 5.69 Å². The molecule has 0 unspecified atom stereocenters. The van der Waals surface area contributed by atoms with Gasteiger partial charge in [-0.25, -0.2) is 9.18 Å². The number of benzene rings is 1. The van der Waals surface area contributed by atoms with E-state index in [-0.39, 0.29) is 11.8 Å². The molecule has 0 saturated heterocycles. The van der Waals surface area contributed by atoms with Gasteiger partial charge in [0.25, 0.3) is 0 Å². The van der Waals surface area contributed by atoms with Crippen molar-refractivity contribution in [2.24, 2.45) is 0 Å². The quantitative estimate of drug-likeness (QED) is 0.802. The summed E-state index contributed by atoms with van der Waals surface area (Å²) in [6.07, 6.45) is 8.23. The van der Waals surface area contributed by atoms with Gasteiger partial charge in [0.2, 0.25) is 0 Å². The normalized spacial score (nSPS) is 10.4. The summed E-state index contributed by atoms with van der Waals surface area (Å²) in [5.74, 6) is -0.364. The highest BCUT2D eigenvalue weighted by Crippen LogP contribution is 2.19. The van der Waals surface area contributed by atoms with Gasteiger partial charge in [0, 0.05) is 37.5 Å². The molecule has 2 heterocycles. The van der Waals surface area contributed by atoms with Gasteiger partial charge in [0.15, 0.2) is 0 Å². The maximum Gasteiger partial charge on any atom is 0.321 e. The third kappa shape index (κ3) is 3.57. The largest absolute Gasteiger partial charge is 0.322 e. The fourth-order valence-electron chi connectivity index (χ4n) is 2.23. The van der Waals surface area contributed by atoms with Gasteiger partial charge in [-0.1, -0.05) is 0 Å². The number of nitrogens with one attached hydrogen (secondary N) is 1. The molecule has 0 fully saturated rings. The van der Waals surface area contributed by atoms with E-state index >= 15 is 0 Å². The summed E-state index contributed by atoms with van der Waals surface area (Å²) in [4.78, 5) is 21.8. The van der Waals surface area contributed by atoms with E-state index < -0.39 is 0 Å². The maximum absolute atomic E-state index is 14.0. The van der Waals surface area contributed by atoms with Crippen molar-refractivity contribution < 1.29 is 9.18 Å². The van der Waals surface area contributed by atoms with Crippen LogP contribution in [0, 0.1) is 5.82 Å². The second kappa shape index (κ2) is 6.91. The molecule has 0 aliphatic carbocycles. The predicted octanol–water partition coefficient (Wildman–Crippen LogP) is 3.07. The molecule has 24 heavy (non-hydrogen) atoms. The molecule has 3 aromatic rings. The summed E-state index contributed by atoms with van der Waals surface area (Å²) in [5, 5.41) is 2.75. The Kier molecular flexibility index (Phi) is 4.51. The summed E-state index contributed by atoms with van der Waals surface area (Å²) in [7, 11) is 1.65. The molecule has 0 aliphatic rings. The van der Waals surface area contributed by atoms with Gasteiger partial charge in [-0.3, -0.25) is 9.97 Å². The number of rotatable bonds is 4. The summed E-state index contributed by atoms with van der Waals surface area (Å²) in [6, 6.07) is 7.73. The summed E-state index contributed by atoms with van der Waals surface area (Å²) in [6.45, 7) is 0.325. The minimum absolute atomic E-state index is 0.314. The van der Waals surface area contributed by atoms with Gasteiger partial charge in [-0.05, 0) is 30.3 Å². The first-order chi connectivity index (χ1) is 11.6. The zero-order chi connectivity index (χ0) is 16.9. The van der Waals surface area contributed by atoms with Crippen LogP contribution in [-0.4, -0.2) is 32.5 Å². The van der Waals surface area contributed by atoms with Gasteiger partial charge in [-0.2, -0.15) is 0 Å². The molecule has 6 nitrogen and oxygen atoms in total. The first kappa shape index (κ1) is 15.7. The number of nitrogens with zero attached hydrogens (tertiary/aromatic N) is 4. The minimum atomic E-state index is -0.364. The van der Waals surface area contributed by atoms with Crippen LogP contribution in [0.1, 0.15) is 5.69 Å². The second-order valence-electron chi connectivity index (χ2n) is 5.24. The van der Waals surface area contributed by atoms with E-state index in [1.807, 2.05) is 0 Å². The second-order valence-corrected chi connectivity index (χ2v) is 5.24. The van der Waals surface area contributed by atoms with Crippen LogP contribution in [0.2, 0.25) is 0 Å². The molecular weight excluding hydrogens is 309 g/mol. The number of carbonyl (C=O) groups is 1. The monoisotopic (exact) mass is 325 g/mol. The van der Waals surface area contributed by atoms with E-state index in [9.17, 15) is 9.18 Å². The summed E-state index contributed by atoms with van der Waals surface area (Å²) >= 11 is 0. The van der Waals surface area contributed by atoms with E-state index in [1.54, 1.807) is 60.8 Å². The van der Waals surface area contributed by atoms with Gasteiger partial charge in [-0.15, -0.1) is 0 Å². The molecule has 3 rings (SSSR count). The van der Waals surface area contributed by atoms with Crippen LogP contribution in [-0.2, 0) is 6.54 Å². The fraction of sp³-hybridized carbons (Fsp3) is 0.118. The van der Waals surface area contributed by atoms with Crippen molar-refractivity contribution in [2.45, 2.75) is 6.54 Å². The number of amides is 2. The van der Waals surface area contributed by atoms with Crippen LogP contribution in [0.15, 0.2) is 61.3 Å². The SMILES string of the molecule is CN(Cc1cnccn1)C(=O)Nc1ccc(F)c(-n2cccc2)c1. The molecule has 122 valence electrons. The molecular formula is C17H16FN5O. The van der Waals surface area contributed by atoms with Crippen molar-refractivity contribution in [3.05, 3.63) is 72.8 Å². The molecule has 0 atom stereocenters. The van der Waals surface area contributed by atoms with E-state index in [2.05, 4.69) is 15.3 Å². The van der Waals surface area contributed by atoms with Crippen molar-refractivity contribution >= 4 is 11.7 Å². The van der Waals surface area contributed by atoms with E-state index in [0.717, 1.165) is 0 Å². The molecule has 1 N–H and O–H groups in total. The van der Waals surface area contributed by atoms with Crippen molar-refractivity contribution in [3.63, 3.8) is 0 Å². The molecule has 0 spiro atoms. The van der Waals surface area contributed by atoms with E-state index in [4.69, 9.17) is 0 Å². The Bertz CT molecular complexity index is 820. The van der Waals surface area contributed by atoms with Crippen LogP contribution >= 0.6 is 0 Å². The molecule has 2 amide bonds. The standard InChI is InChI=1S/C17H16FN5O/c1-22(12-14-11-19-6-7-20-14)17(24)21-13-4-5-15(18)16(10-13)23-8-2-3-9-23/h2-11H,12H2,1H3,(H,21,24). The topological polar surface area (TPSA) is 63.1 Å². The van der Waals surface area contributed by atoms with Crippen LogP contribution in [0.5, 0.6) is 0 Å². The van der Waals surface area contributed by atoms with Crippen LogP contribution in [0.3, 0.4) is 0 Å². The highest BCUT2D eigenvalue weighted by Gasteiger charge is 2.12. The smallest absolute Gasteiger partial charge is 0.321 e. The van der Waals surface area contributed by atoms with Gasteiger partial charge < -0.3 is 14.8 Å². The molecule has 1 aromatic carbocycles. The first-order valence-corrected chi connectivity index (χ1v) is 7.33. The number of halogens is 1. The van der Waals surface area contributed by atoms with E-state index in [0.29, 0.717) is 23.6 Å². The van der Waals surface area contributed by atoms with Crippen LogP contribution in [0.25, 0.3) is 5.69 Å². The molecule has 2 aromatic heterocycles. The third-order valence-electron chi connectivity index (χ3n) is 3.44. The van der Waals surface area contributed by atoms with Crippen molar-refractivity contribution in [1.29, 1.82) is 0 Å². The van der Waals surface area contributed by atoms with Crippen molar-refractivity contribution in [2.75, 3.05) is 12.4 Å². The lowest BCUT2D eigenvalue weighted by molar-refractivity contribution is 0.220. The molecule has 7 heteroatoms. The average Bonchev–Trinajstić information content (AvgIpc) is 3.11. The highest BCUT2D eigenvalue weighted by atomic mass is 19.1. The number of urea groups is 1. The maximum atomic E-state index is 14.0. The summed E-state index contributed by atoms with van der Waals surface area (Å²) < 4.78 is 15.6. The van der Waals surface area contributed by atoms with Crippen LogP contribution < -0.4 is 5.32 Å². The highest BCUT2D eigenvalue weighted by molar-refractivity contribution is 5.89. The number of hydrogen-bond donors (Lipinski definition) is 1. The third-order valence-corrected chi connectivity index (χ3v) is 3.44. The van der Waals surface area contributed by atoms with Crippen LogP contribution in [0.4, 0.5) is 14.9 Å². The number of carbonyl (C=O) groups excluding carboxylic acids is 1. The van der Waals surface area contributed by atoms with Gasteiger partial charge in [0.1, 0.15) is 5.82 Å². The molecule has 0 bridgehead atoms. The van der Waals surface area contributed by atoms with E-state index in [1.165, 1.54) is 17.0 Å². The first-order valence-electron chi connectivity index (χ1n) is 7.33. The average molecular weight is 325 g/mol. The van der Waals surface area contributed by atoms with Crippen molar-refractivity contribution in [1.82, 2.24) is 19.4 Å². The zero-order valence-electron chi connectivity index (χ0n) is 13.1. The minimum Gasteiger partial charge on any atom is -0.322 e. The molecule has 0 aliphatic heterocycles. The Balaban J connectivity index is 1.71. The Labute approximate surface area is 138 Å². The Morgan fingerprint density at radius 2 is 2.08 bits per heavy atom. The Hall–Kier alpha value is -3.22. The number of hydrogen-bond acceptors (Lipinski definition) is 3. The lowest BCUT2D eigenvalue weighted by Crippen LogP contribution is -2.31. The zero-order valence-corrected chi connectivity index (χ0v) is 13.1. The van der Waals surface area contributed by atoms with Gasteiger partial charge >= 0.3 is 6.03 Å². The summed E-state index contributed by atoms with van der Waals surface area (Å²) in [5.41, 5.74) is 1.56. The Morgan fingerprint density at radius 1 is 1.29 bits per heavy atom. The fourth-order valence-corrected chi connectivity index (χ4v) is 2.23. The predicted molar refractivity (Wildman–Crippen MR) is 88.2 cm³/mol. The molecule has 0 radical (unpaired) electrons. The van der Waals surface area contributed by atoms with Gasteiger partial charge in [0.05, 0.1) is 24.1 Å². The number of anilines is 1. The number of aromatic nitrogens is 3.